The Kier molecular flexibility index (Phi) is 7.48. The van der Waals surface area contributed by atoms with E-state index in [-0.39, 0.29) is 11.7 Å². The molecule has 0 bridgehead atoms. The van der Waals surface area contributed by atoms with Gasteiger partial charge in [-0.05, 0) is 32.9 Å². The molecule has 1 amide bonds. The van der Waals surface area contributed by atoms with E-state index in [1.54, 1.807) is 19.0 Å². The van der Waals surface area contributed by atoms with Crippen LogP contribution in [0.1, 0.15) is 39.5 Å². The van der Waals surface area contributed by atoms with Crippen LogP contribution < -0.4 is 0 Å². The van der Waals surface area contributed by atoms with Gasteiger partial charge in [0.25, 0.3) is 0 Å². The summed E-state index contributed by atoms with van der Waals surface area (Å²) in [4.78, 5) is 38.8. The maximum Gasteiger partial charge on any atom is 0.413 e. The first-order valence-corrected chi connectivity index (χ1v) is 8.01. The number of ether oxygens (including phenoxy) is 2. The molecular formula is C16H28N2O5. The molecule has 0 aromatic carbocycles. The van der Waals surface area contributed by atoms with Gasteiger partial charge in [0.2, 0.25) is 6.79 Å². The summed E-state index contributed by atoms with van der Waals surface area (Å²) in [5.74, 6) is -0.301. The Labute approximate surface area is 137 Å². The quantitative estimate of drug-likeness (QED) is 0.545. The van der Waals surface area contributed by atoms with Gasteiger partial charge in [-0.2, -0.15) is 0 Å². The Hall–Kier alpha value is -1.63. The molecule has 0 aromatic rings. The van der Waals surface area contributed by atoms with Gasteiger partial charge in [-0.25, -0.2) is 4.79 Å². The van der Waals surface area contributed by atoms with Crippen LogP contribution in [-0.4, -0.2) is 67.7 Å². The van der Waals surface area contributed by atoms with Crippen LogP contribution in [0.15, 0.2) is 0 Å². The number of hydrogen-bond donors (Lipinski definition) is 0. The monoisotopic (exact) mass is 328 g/mol. The second-order valence-electron chi connectivity index (χ2n) is 6.48. The van der Waals surface area contributed by atoms with E-state index in [1.165, 1.54) is 11.9 Å². The summed E-state index contributed by atoms with van der Waals surface area (Å²) < 4.78 is 9.99. The lowest BCUT2D eigenvalue weighted by atomic mass is 9.93. The molecule has 1 rings (SSSR count). The molecule has 1 aliphatic rings. The molecule has 7 heteroatoms. The van der Waals surface area contributed by atoms with Crippen molar-refractivity contribution >= 4 is 17.8 Å². The fourth-order valence-electron chi connectivity index (χ4n) is 2.91. The van der Waals surface area contributed by atoms with E-state index in [4.69, 9.17) is 9.47 Å². The number of hydrogen-bond acceptors (Lipinski definition) is 6. The summed E-state index contributed by atoms with van der Waals surface area (Å²) in [5, 5.41) is 0. The molecule has 1 fully saturated rings. The minimum absolute atomic E-state index is 0.0557. The normalized spacial score (nSPS) is 19.6. The van der Waals surface area contributed by atoms with Gasteiger partial charge in [0.05, 0.1) is 6.04 Å². The predicted molar refractivity (Wildman–Crippen MR) is 84.8 cm³/mol. The Bertz CT molecular complexity index is 428. The van der Waals surface area contributed by atoms with Crippen molar-refractivity contribution in [1.29, 1.82) is 0 Å². The number of carbonyl (C=O) groups excluding carboxylic acids is 3. The number of carbonyl (C=O) groups is 3. The van der Waals surface area contributed by atoms with E-state index < -0.39 is 30.9 Å². The topological polar surface area (TPSA) is 76.1 Å². The smallest absolute Gasteiger partial charge is 0.413 e. The van der Waals surface area contributed by atoms with Crippen molar-refractivity contribution in [2.45, 2.75) is 51.6 Å². The zero-order valence-corrected chi connectivity index (χ0v) is 14.7. The highest BCUT2D eigenvalue weighted by Crippen LogP contribution is 2.19. The van der Waals surface area contributed by atoms with Crippen molar-refractivity contribution in [3.05, 3.63) is 0 Å². The van der Waals surface area contributed by atoms with Gasteiger partial charge < -0.3 is 14.4 Å². The third-order valence-corrected chi connectivity index (χ3v) is 4.09. The van der Waals surface area contributed by atoms with Crippen molar-refractivity contribution < 1.29 is 23.9 Å². The molecule has 0 aliphatic heterocycles. The molecule has 23 heavy (non-hydrogen) atoms. The van der Waals surface area contributed by atoms with Crippen molar-refractivity contribution in [3.8, 4) is 0 Å². The van der Waals surface area contributed by atoms with E-state index in [9.17, 15) is 14.4 Å². The first-order chi connectivity index (χ1) is 10.8. The Morgan fingerprint density at radius 2 is 1.83 bits per heavy atom. The van der Waals surface area contributed by atoms with Crippen LogP contribution in [0.5, 0.6) is 0 Å². The number of rotatable bonds is 6. The largest absolute Gasteiger partial charge is 0.427 e. The lowest BCUT2D eigenvalue weighted by Gasteiger charge is -2.29. The highest BCUT2D eigenvalue weighted by molar-refractivity contribution is 5.87. The van der Waals surface area contributed by atoms with E-state index in [0.29, 0.717) is 12.8 Å². The Morgan fingerprint density at radius 3 is 2.35 bits per heavy atom. The van der Waals surface area contributed by atoms with E-state index in [1.807, 2.05) is 13.8 Å². The summed E-state index contributed by atoms with van der Waals surface area (Å²) in [6.07, 6.45) is 2.29. The first-order valence-electron chi connectivity index (χ1n) is 8.01. The van der Waals surface area contributed by atoms with Crippen LogP contribution in [0, 0.1) is 5.92 Å². The zero-order chi connectivity index (χ0) is 17.6. The van der Waals surface area contributed by atoms with E-state index >= 15 is 0 Å². The average molecular weight is 328 g/mol. The summed E-state index contributed by atoms with van der Waals surface area (Å²) >= 11 is 0. The molecule has 1 aliphatic carbocycles. The van der Waals surface area contributed by atoms with Crippen molar-refractivity contribution in [3.63, 3.8) is 0 Å². The van der Waals surface area contributed by atoms with Crippen molar-refractivity contribution in [2.24, 2.45) is 5.92 Å². The molecule has 1 saturated carbocycles. The second-order valence-corrected chi connectivity index (χ2v) is 6.48. The van der Waals surface area contributed by atoms with Gasteiger partial charge in [-0.3, -0.25) is 14.5 Å². The lowest BCUT2D eigenvalue weighted by molar-refractivity contribution is -0.159. The van der Waals surface area contributed by atoms with E-state index in [2.05, 4.69) is 0 Å². The first kappa shape index (κ1) is 19.4. The van der Waals surface area contributed by atoms with Gasteiger partial charge in [-0.1, -0.05) is 20.3 Å². The van der Waals surface area contributed by atoms with Gasteiger partial charge in [-0.15, -0.1) is 0 Å². The Morgan fingerprint density at radius 1 is 1.17 bits per heavy atom. The summed E-state index contributed by atoms with van der Waals surface area (Å²) in [5.41, 5.74) is 0. The molecule has 0 spiro atoms. The van der Waals surface area contributed by atoms with Gasteiger partial charge >= 0.3 is 12.1 Å². The second kappa shape index (κ2) is 8.86. The van der Waals surface area contributed by atoms with Crippen molar-refractivity contribution in [2.75, 3.05) is 27.9 Å². The molecule has 0 saturated heterocycles. The van der Waals surface area contributed by atoms with Crippen LogP contribution in [0.4, 0.5) is 4.79 Å². The SMILES string of the molecule is CC(C)C(C(=O)OCOC(=O)N(C)C1CCCCC1=O)N(C)C. The third kappa shape index (κ3) is 5.49. The van der Waals surface area contributed by atoms with E-state index in [0.717, 1.165) is 12.8 Å². The maximum absolute atomic E-state index is 12.0. The minimum atomic E-state index is -0.649. The van der Waals surface area contributed by atoms with Crippen molar-refractivity contribution in [1.82, 2.24) is 9.80 Å². The molecule has 0 aromatic heterocycles. The fraction of sp³-hybridized carbons (Fsp3) is 0.812. The molecule has 0 radical (unpaired) electrons. The summed E-state index contributed by atoms with van der Waals surface area (Å²) in [6, 6.07) is -0.830. The van der Waals surface area contributed by atoms with Crippen LogP contribution in [0.2, 0.25) is 0 Å². The van der Waals surface area contributed by atoms with Crippen LogP contribution >= 0.6 is 0 Å². The standard InChI is InChI=1S/C16H28N2O5/c1-11(2)14(17(3)4)15(20)22-10-23-16(21)18(5)12-8-6-7-9-13(12)19/h11-12,14H,6-10H2,1-5H3. The number of ketones is 1. The number of nitrogens with zero attached hydrogens (tertiary/aromatic N) is 2. The summed E-state index contributed by atoms with van der Waals surface area (Å²) in [6.45, 7) is 3.39. The molecule has 2 unspecified atom stereocenters. The number of Topliss-reactive ketones (excluding diaryl/α,β-unsaturated/α-hetero) is 1. The molecule has 7 nitrogen and oxygen atoms in total. The Balaban J connectivity index is 2.43. The van der Waals surface area contributed by atoms with Gasteiger partial charge in [0.1, 0.15) is 6.04 Å². The molecule has 0 N–H and O–H groups in total. The van der Waals surface area contributed by atoms with Gasteiger partial charge in [0.15, 0.2) is 5.78 Å². The number of likely N-dealkylation sites (N-methyl/N-ethyl adjacent to an activating group) is 2. The molecule has 132 valence electrons. The average Bonchev–Trinajstić information content (AvgIpc) is 2.46. The number of esters is 1. The minimum Gasteiger partial charge on any atom is -0.427 e. The molecule has 2 atom stereocenters. The maximum atomic E-state index is 12.0. The van der Waals surface area contributed by atoms with Crippen LogP contribution in [-0.2, 0) is 19.1 Å². The summed E-state index contributed by atoms with van der Waals surface area (Å²) in [7, 11) is 5.12. The number of amides is 1. The fourth-order valence-corrected chi connectivity index (χ4v) is 2.91. The van der Waals surface area contributed by atoms with Gasteiger partial charge in [0, 0.05) is 13.5 Å². The van der Waals surface area contributed by atoms with Crippen LogP contribution in [0.25, 0.3) is 0 Å². The highest BCUT2D eigenvalue weighted by Gasteiger charge is 2.30. The predicted octanol–water partition coefficient (Wildman–Crippen LogP) is 1.65. The molecule has 0 heterocycles. The zero-order valence-electron chi connectivity index (χ0n) is 14.7. The molecular weight excluding hydrogens is 300 g/mol. The highest BCUT2D eigenvalue weighted by atomic mass is 16.7. The lowest BCUT2D eigenvalue weighted by Crippen LogP contribution is -2.45. The van der Waals surface area contributed by atoms with Crippen LogP contribution in [0.3, 0.4) is 0 Å². The third-order valence-electron chi connectivity index (χ3n) is 4.09.